The van der Waals surface area contributed by atoms with Gasteiger partial charge < -0.3 is 14.4 Å². The Kier molecular flexibility index (Phi) is 9.95. The molecule has 1 aliphatic rings. The van der Waals surface area contributed by atoms with Crippen LogP contribution in [-0.4, -0.2) is 20.9 Å². The van der Waals surface area contributed by atoms with Gasteiger partial charge in [-0.15, -0.1) is 0 Å². The normalized spacial score (nSPS) is 14.1. The molecule has 0 aromatic heterocycles. The number of fused-ring (bicyclic) bond motifs is 1. The maximum atomic E-state index is 14.8. The van der Waals surface area contributed by atoms with Crippen LogP contribution in [0.1, 0.15) is 45.7 Å². The average Bonchev–Trinajstić information content (AvgIpc) is 3.17. The molecular formula is C43H39N3O5S. The Morgan fingerprint density at radius 1 is 0.692 bits per heavy atom. The van der Waals surface area contributed by atoms with Crippen molar-refractivity contribution < 1.29 is 22.7 Å². The number of ether oxygens (including phenoxy) is 2. The molecule has 0 unspecified atom stereocenters. The number of sulfonamides is 1. The first-order valence-electron chi connectivity index (χ1n) is 17.2. The van der Waals surface area contributed by atoms with Gasteiger partial charge in [-0.2, -0.15) is 0 Å². The minimum absolute atomic E-state index is 0.0182. The number of amides is 1. The second kappa shape index (κ2) is 15.0. The third-order valence-electron chi connectivity index (χ3n) is 8.93. The van der Waals surface area contributed by atoms with Crippen LogP contribution >= 0.6 is 0 Å². The van der Waals surface area contributed by atoms with E-state index in [9.17, 15) is 13.2 Å². The first-order chi connectivity index (χ1) is 25.3. The summed E-state index contributed by atoms with van der Waals surface area (Å²) in [5.41, 5.74) is 6.02. The maximum absolute atomic E-state index is 14.8. The standard InChI is InChI=1S/C43H39N3O5S/c1-3-50-37-24-18-35(19-25-37)44-52(48,49)39-26-27-41-40(28-39)43(47)46(36-20-14-31(2)15-21-36)42(45(41)29-32-10-6-4-7-11-32)34-16-22-38(23-17-34)51-30-33-12-8-5-9-13-33/h4-28,42,44H,3,29-30H2,1-2H3/t42-/m0/s1. The molecule has 0 saturated carbocycles. The van der Waals surface area contributed by atoms with Crippen molar-refractivity contribution in [2.45, 2.75) is 38.1 Å². The number of aryl methyl sites for hydroxylation is 1. The van der Waals surface area contributed by atoms with Crippen LogP contribution in [0.25, 0.3) is 0 Å². The summed E-state index contributed by atoms with van der Waals surface area (Å²) in [5, 5.41) is 0. The average molecular weight is 710 g/mol. The SMILES string of the molecule is CCOc1ccc(NS(=O)(=O)c2ccc3c(c2)C(=O)N(c2ccc(C)cc2)[C@@H](c2ccc(OCc4ccccc4)cc2)N3Cc2ccccc2)cc1. The number of anilines is 3. The van der Waals surface area contributed by atoms with Crippen LogP contribution in [0.2, 0.25) is 0 Å². The van der Waals surface area contributed by atoms with Gasteiger partial charge in [0.05, 0.1) is 22.8 Å². The molecule has 262 valence electrons. The smallest absolute Gasteiger partial charge is 0.262 e. The third-order valence-corrected chi connectivity index (χ3v) is 10.3. The van der Waals surface area contributed by atoms with E-state index >= 15 is 0 Å². The molecule has 1 heterocycles. The van der Waals surface area contributed by atoms with E-state index in [1.807, 2.05) is 123 Å². The number of benzene rings is 6. The predicted molar refractivity (Wildman–Crippen MR) is 205 cm³/mol. The molecule has 0 radical (unpaired) electrons. The van der Waals surface area contributed by atoms with E-state index in [4.69, 9.17) is 9.47 Å². The summed E-state index contributed by atoms with van der Waals surface area (Å²) in [4.78, 5) is 18.7. The van der Waals surface area contributed by atoms with Crippen molar-refractivity contribution in [3.63, 3.8) is 0 Å². The lowest BCUT2D eigenvalue weighted by molar-refractivity contribution is 0.0968. The summed E-state index contributed by atoms with van der Waals surface area (Å²) in [6.45, 7) is 5.28. The molecule has 52 heavy (non-hydrogen) atoms. The zero-order valence-electron chi connectivity index (χ0n) is 29.0. The molecule has 0 spiro atoms. The van der Waals surface area contributed by atoms with E-state index in [0.717, 1.165) is 22.3 Å². The summed E-state index contributed by atoms with van der Waals surface area (Å²) >= 11 is 0. The van der Waals surface area contributed by atoms with Gasteiger partial charge >= 0.3 is 0 Å². The van der Waals surface area contributed by atoms with Crippen molar-refractivity contribution in [1.82, 2.24) is 0 Å². The number of carbonyl (C=O) groups is 1. The Bertz CT molecular complexity index is 2250. The number of carbonyl (C=O) groups excluding carboxylic acids is 1. The topological polar surface area (TPSA) is 88.2 Å². The molecule has 7 rings (SSSR count). The molecule has 0 saturated heterocycles. The van der Waals surface area contributed by atoms with Crippen LogP contribution in [0, 0.1) is 6.92 Å². The van der Waals surface area contributed by atoms with Crippen LogP contribution in [-0.2, 0) is 23.2 Å². The number of rotatable bonds is 12. The molecule has 0 fully saturated rings. The quantitative estimate of drug-likeness (QED) is 0.136. The van der Waals surface area contributed by atoms with E-state index in [2.05, 4.69) is 9.62 Å². The summed E-state index contributed by atoms with van der Waals surface area (Å²) in [6.07, 6.45) is -0.560. The van der Waals surface area contributed by atoms with E-state index < -0.39 is 16.2 Å². The van der Waals surface area contributed by atoms with Gasteiger partial charge in [-0.05, 0) is 97.3 Å². The second-order valence-corrected chi connectivity index (χ2v) is 14.3. The lowest BCUT2D eigenvalue weighted by atomic mass is 9.98. The molecule has 0 bridgehead atoms. The van der Waals surface area contributed by atoms with E-state index in [0.29, 0.717) is 48.3 Å². The molecule has 8 nitrogen and oxygen atoms in total. The summed E-state index contributed by atoms with van der Waals surface area (Å²) in [6, 6.07) is 47.1. The van der Waals surface area contributed by atoms with Gasteiger partial charge in [-0.3, -0.25) is 14.4 Å². The number of nitrogens with zero attached hydrogens (tertiary/aromatic N) is 2. The molecule has 1 atom stereocenters. The van der Waals surface area contributed by atoms with E-state index in [1.54, 1.807) is 41.3 Å². The monoisotopic (exact) mass is 709 g/mol. The fourth-order valence-electron chi connectivity index (χ4n) is 6.34. The minimum atomic E-state index is -4.05. The molecule has 1 N–H and O–H groups in total. The Labute approximate surface area is 304 Å². The lowest BCUT2D eigenvalue weighted by Crippen LogP contribution is -2.49. The molecule has 1 aliphatic heterocycles. The largest absolute Gasteiger partial charge is 0.494 e. The van der Waals surface area contributed by atoms with Crippen molar-refractivity contribution in [2.75, 3.05) is 21.1 Å². The van der Waals surface area contributed by atoms with Gasteiger partial charge in [0.1, 0.15) is 24.3 Å². The Morgan fingerprint density at radius 3 is 1.96 bits per heavy atom. The van der Waals surface area contributed by atoms with Crippen LogP contribution in [0.5, 0.6) is 11.5 Å². The highest BCUT2D eigenvalue weighted by Crippen LogP contribution is 2.43. The van der Waals surface area contributed by atoms with Crippen molar-refractivity contribution in [3.05, 3.63) is 179 Å². The molecule has 6 aromatic rings. The van der Waals surface area contributed by atoms with Crippen molar-refractivity contribution in [2.24, 2.45) is 0 Å². The van der Waals surface area contributed by atoms with Gasteiger partial charge in [-0.1, -0.05) is 90.5 Å². The molecular weight excluding hydrogens is 671 g/mol. The minimum Gasteiger partial charge on any atom is -0.494 e. The highest BCUT2D eigenvalue weighted by atomic mass is 32.2. The number of nitrogens with one attached hydrogen (secondary N) is 1. The van der Waals surface area contributed by atoms with Crippen molar-refractivity contribution in [3.8, 4) is 11.5 Å². The summed E-state index contributed by atoms with van der Waals surface area (Å²) in [7, 11) is -4.05. The lowest BCUT2D eigenvalue weighted by Gasteiger charge is -2.46. The summed E-state index contributed by atoms with van der Waals surface area (Å²) in [5.74, 6) is 1.04. The molecule has 1 amide bonds. The summed E-state index contributed by atoms with van der Waals surface area (Å²) < 4.78 is 41.7. The van der Waals surface area contributed by atoms with Crippen LogP contribution in [0.4, 0.5) is 17.1 Å². The first-order valence-corrected chi connectivity index (χ1v) is 18.6. The predicted octanol–water partition coefficient (Wildman–Crippen LogP) is 9.14. The van der Waals surface area contributed by atoms with Crippen LogP contribution < -0.4 is 24.0 Å². The fraction of sp³-hybridized carbons (Fsp3) is 0.140. The van der Waals surface area contributed by atoms with Gasteiger partial charge in [0, 0.05) is 17.9 Å². The zero-order chi connectivity index (χ0) is 36.1. The van der Waals surface area contributed by atoms with Crippen LogP contribution in [0.15, 0.2) is 157 Å². The Hall–Kier alpha value is -6.06. The first kappa shape index (κ1) is 34.4. The maximum Gasteiger partial charge on any atom is 0.262 e. The molecule has 6 aromatic carbocycles. The highest BCUT2D eigenvalue weighted by molar-refractivity contribution is 7.92. The molecule has 9 heteroatoms. The van der Waals surface area contributed by atoms with E-state index in [-0.39, 0.29) is 16.4 Å². The van der Waals surface area contributed by atoms with Gasteiger partial charge in [0.15, 0.2) is 0 Å². The van der Waals surface area contributed by atoms with Gasteiger partial charge in [-0.25, -0.2) is 8.42 Å². The van der Waals surface area contributed by atoms with Crippen molar-refractivity contribution >= 4 is 33.0 Å². The van der Waals surface area contributed by atoms with Crippen molar-refractivity contribution in [1.29, 1.82) is 0 Å². The molecule has 0 aliphatic carbocycles. The second-order valence-electron chi connectivity index (χ2n) is 12.6. The fourth-order valence-corrected chi connectivity index (χ4v) is 7.42. The van der Waals surface area contributed by atoms with Gasteiger partial charge in [0.2, 0.25) is 0 Å². The van der Waals surface area contributed by atoms with Crippen LogP contribution in [0.3, 0.4) is 0 Å². The third kappa shape index (κ3) is 7.50. The number of hydrogen-bond donors (Lipinski definition) is 1. The number of hydrogen-bond acceptors (Lipinski definition) is 6. The van der Waals surface area contributed by atoms with Gasteiger partial charge in [0.25, 0.3) is 15.9 Å². The zero-order valence-corrected chi connectivity index (χ0v) is 29.8. The Morgan fingerprint density at radius 2 is 1.31 bits per heavy atom. The Balaban J connectivity index is 1.29. The highest BCUT2D eigenvalue weighted by Gasteiger charge is 2.40. The van der Waals surface area contributed by atoms with E-state index in [1.165, 1.54) is 6.07 Å².